The molecule has 3 aliphatic heterocycles. The van der Waals surface area contributed by atoms with Crippen molar-refractivity contribution < 1.29 is 24.0 Å². The third-order valence-electron chi connectivity index (χ3n) is 5.95. The third kappa shape index (κ3) is 2.88. The fourth-order valence-electron chi connectivity index (χ4n) is 4.86. The number of hydrogen-bond acceptors (Lipinski definition) is 7. The van der Waals surface area contributed by atoms with Crippen molar-refractivity contribution in [3.05, 3.63) is 29.3 Å². The number of benzene rings is 1. The van der Waals surface area contributed by atoms with E-state index < -0.39 is 29.3 Å². The molecule has 29 heavy (non-hydrogen) atoms. The minimum absolute atomic E-state index is 0.0722. The maximum Gasteiger partial charge on any atom is 0.328 e. The Balaban J connectivity index is 1.89. The number of hydrogen-bond donors (Lipinski definition) is 2. The molecule has 9 heteroatoms. The molecule has 4 amide bonds. The highest BCUT2D eigenvalue weighted by Gasteiger charge is 2.62. The zero-order chi connectivity index (χ0) is 20.9. The van der Waals surface area contributed by atoms with E-state index in [1.807, 2.05) is 39.0 Å². The summed E-state index contributed by atoms with van der Waals surface area (Å²) < 4.78 is 5.99. The first kappa shape index (κ1) is 19.4. The zero-order valence-corrected chi connectivity index (χ0v) is 16.8. The summed E-state index contributed by atoms with van der Waals surface area (Å²) in [5, 5.41) is 8.55. The lowest BCUT2D eigenvalue weighted by Gasteiger charge is -2.55. The van der Waals surface area contributed by atoms with Gasteiger partial charge in [0.25, 0.3) is 0 Å². The average molecular weight is 400 g/mol. The monoisotopic (exact) mass is 400 g/mol. The highest BCUT2D eigenvalue weighted by Crippen LogP contribution is 2.46. The molecule has 2 N–H and O–H groups in total. The zero-order valence-electron chi connectivity index (χ0n) is 16.8. The standard InChI is InChI=1S/C20H24N4O5/c1-10-9-24-15-6-5-13(11(2)23-28-4)7-14(15)8-20(16(24)12(3)29-10)17(25)21-19(27)22-18(20)26/h5-7,10,12,16H,8-9H2,1-4H3,(H2,21,22,25,26,27)/b23-11+/t10-,12+,16?/m1/s1. The molecule has 0 bridgehead atoms. The molecule has 0 aliphatic carbocycles. The van der Waals surface area contributed by atoms with Crippen LogP contribution in [-0.4, -0.2) is 55.5 Å². The van der Waals surface area contributed by atoms with Crippen LogP contribution in [0.3, 0.4) is 0 Å². The van der Waals surface area contributed by atoms with E-state index in [0.29, 0.717) is 12.3 Å². The maximum atomic E-state index is 13.1. The quantitative estimate of drug-likeness (QED) is 0.435. The van der Waals surface area contributed by atoms with Crippen LogP contribution in [0.2, 0.25) is 0 Å². The lowest BCUT2D eigenvalue weighted by atomic mass is 9.66. The molecule has 9 nitrogen and oxygen atoms in total. The van der Waals surface area contributed by atoms with Crippen LogP contribution in [0.25, 0.3) is 0 Å². The van der Waals surface area contributed by atoms with Gasteiger partial charge in [-0.05, 0) is 50.5 Å². The fourth-order valence-corrected chi connectivity index (χ4v) is 4.86. The van der Waals surface area contributed by atoms with Crippen LogP contribution in [-0.2, 0) is 25.6 Å². The molecule has 0 aromatic heterocycles. The second-order valence-electron chi connectivity index (χ2n) is 7.84. The average Bonchev–Trinajstić information content (AvgIpc) is 2.65. The lowest BCUT2D eigenvalue weighted by molar-refractivity contribution is -0.153. The van der Waals surface area contributed by atoms with Gasteiger partial charge in [-0.25, -0.2) is 4.79 Å². The van der Waals surface area contributed by atoms with E-state index in [2.05, 4.69) is 20.7 Å². The summed E-state index contributed by atoms with van der Waals surface area (Å²) in [5.74, 6) is -1.19. The topological polar surface area (TPSA) is 109 Å². The van der Waals surface area contributed by atoms with Crippen molar-refractivity contribution in [3.63, 3.8) is 0 Å². The van der Waals surface area contributed by atoms with Crippen molar-refractivity contribution in [2.75, 3.05) is 18.6 Å². The summed E-state index contributed by atoms with van der Waals surface area (Å²) in [6.07, 6.45) is -0.296. The molecule has 154 valence electrons. The van der Waals surface area contributed by atoms with Crippen LogP contribution >= 0.6 is 0 Å². The first-order valence-corrected chi connectivity index (χ1v) is 9.58. The Morgan fingerprint density at radius 3 is 2.59 bits per heavy atom. The summed E-state index contributed by atoms with van der Waals surface area (Å²) in [7, 11) is 1.48. The molecule has 2 fully saturated rings. The number of carbonyl (C=O) groups excluding carboxylic acids is 3. The number of amides is 4. The number of carbonyl (C=O) groups is 3. The van der Waals surface area contributed by atoms with Gasteiger partial charge in [-0.2, -0.15) is 0 Å². The highest BCUT2D eigenvalue weighted by atomic mass is 16.6. The van der Waals surface area contributed by atoms with Gasteiger partial charge < -0.3 is 14.5 Å². The number of oxime groups is 1. The largest absolute Gasteiger partial charge is 0.399 e. The Morgan fingerprint density at radius 2 is 1.93 bits per heavy atom. The predicted molar refractivity (Wildman–Crippen MR) is 105 cm³/mol. The van der Waals surface area contributed by atoms with Gasteiger partial charge in [0.15, 0.2) is 5.41 Å². The number of urea groups is 1. The Labute approximate surface area is 168 Å². The van der Waals surface area contributed by atoms with E-state index in [1.54, 1.807) is 0 Å². The summed E-state index contributed by atoms with van der Waals surface area (Å²) in [6.45, 7) is 6.18. The molecular formula is C20H24N4O5. The summed E-state index contributed by atoms with van der Waals surface area (Å²) in [6, 6.07) is 4.53. The highest BCUT2D eigenvalue weighted by molar-refractivity contribution is 6.20. The molecule has 3 heterocycles. The van der Waals surface area contributed by atoms with Gasteiger partial charge in [0, 0.05) is 12.2 Å². The van der Waals surface area contributed by atoms with E-state index in [-0.39, 0.29) is 18.6 Å². The Kier molecular flexibility index (Phi) is 4.57. The number of anilines is 1. The number of nitrogens with zero attached hydrogens (tertiary/aromatic N) is 2. The van der Waals surface area contributed by atoms with E-state index in [1.165, 1.54) is 7.11 Å². The number of fused-ring (bicyclic) bond motifs is 4. The van der Waals surface area contributed by atoms with Crippen molar-refractivity contribution >= 4 is 29.2 Å². The Hall–Kier alpha value is -2.94. The van der Waals surface area contributed by atoms with Gasteiger partial charge >= 0.3 is 6.03 Å². The van der Waals surface area contributed by atoms with Crippen LogP contribution in [0.15, 0.2) is 23.4 Å². The maximum absolute atomic E-state index is 13.1. The summed E-state index contributed by atoms with van der Waals surface area (Å²) in [5.41, 5.74) is 1.84. The van der Waals surface area contributed by atoms with Crippen LogP contribution in [0.5, 0.6) is 0 Å². The minimum atomic E-state index is -1.47. The molecule has 1 aromatic rings. The second-order valence-corrected chi connectivity index (χ2v) is 7.84. The number of morpholine rings is 1. The predicted octanol–water partition coefficient (Wildman–Crippen LogP) is 0.948. The molecule has 1 unspecified atom stereocenters. The normalized spacial score (nSPS) is 28.4. The molecule has 0 saturated carbocycles. The number of nitrogens with one attached hydrogen (secondary N) is 2. The van der Waals surface area contributed by atoms with Gasteiger partial charge in [-0.3, -0.25) is 20.2 Å². The van der Waals surface area contributed by atoms with Gasteiger partial charge in [0.2, 0.25) is 11.8 Å². The van der Waals surface area contributed by atoms with Crippen molar-refractivity contribution in [3.8, 4) is 0 Å². The number of imide groups is 2. The Morgan fingerprint density at radius 1 is 1.24 bits per heavy atom. The van der Waals surface area contributed by atoms with Crippen LogP contribution in [0.4, 0.5) is 10.5 Å². The number of barbiturate groups is 1. The lowest BCUT2D eigenvalue weighted by Crippen LogP contribution is -2.75. The van der Waals surface area contributed by atoms with Gasteiger partial charge in [0.1, 0.15) is 7.11 Å². The summed E-state index contributed by atoms with van der Waals surface area (Å²) in [4.78, 5) is 44.8. The first-order chi connectivity index (χ1) is 13.8. The third-order valence-corrected chi connectivity index (χ3v) is 5.95. The van der Waals surface area contributed by atoms with Crippen LogP contribution in [0, 0.1) is 5.41 Å². The molecule has 1 aromatic carbocycles. The number of rotatable bonds is 2. The van der Waals surface area contributed by atoms with E-state index in [4.69, 9.17) is 9.57 Å². The molecule has 1 spiro atoms. The molecule has 3 atom stereocenters. The van der Waals surface area contributed by atoms with Crippen molar-refractivity contribution in [1.29, 1.82) is 0 Å². The van der Waals surface area contributed by atoms with Crippen molar-refractivity contribution in [1.82, 2.24) is 10.6 Å². The smallest absolute Gasteiger partial charge is 0.328 e. The molecule has 3 aliphatic rings. The van der Waals surface area contributed by atoms with Gasteiger partial charge in [0.05, 0.1) is 24.0 Å². The molecule has 4 rings (SSSR count). The van der Waals surface area contributed by atoms with Crippen molar-refractivity contribution in [2.45, 2.75) is 45.4 Å². The van der Waals surface area contributed by atoms with Gasteiger partial charge in [-0.15, -0.1) is 0 Å². The second kappa shape index (κ2) is 6.84. The minimum Gasteiger partial charge on any atom is -0.399 e. The van der Waals surface area contributed by atoms with E-state index in [9.17, 15) is 14.4 Å². The SMILES string of the molecule is CO/N=C(\C)c1ccc2c(c1)CC1(C(=O)NC(=O)NC1=O)C1[C@H](C)O[C@H](C)CN21. The first-order valence-electron chi connectivity index (χ1n) is 9.58. The van der Waals surface area contributed by atoms with Crippen LogP contribution in [0.1, 0.15) is 31.9 Å². The Bertz CT molecular complexity index is 907. The molecule has 0 radical (unpaired) electrons. The van der Waals surface area contributed by atoms with Crippen LogP contribution < -0.4 is 15.5 Å². The fraction of sp³-hybridized carbons (Fsp3) is 0.500. The molecule has 2 saturated heterocycles. The summed E-state index contributed by atoms with van der Waals surface area (Å²) >= 11 is 0. The van der Waals surface area contributed by atoms with Gasteiger partial charge in [-0.1, -0.05) is 11.2 Å². The molecular weight excluding hydrogens is 376 g/mol. The van der Waals surface area contributed by atoms with Crippen molar-refractivity contribution in [2.24, 2.45) is 10.6 Å². The van der Waals surface area contributed by atoms with E-state index in [0.717, 1.165) is 16.8 Å². The van der Waals surface area contributed by atoms with E-state index >= 15 is 0 Å². The number of ether oxygens (including phenoxy) is 1.